The van der Waals surface area contributed by atoms with Crippen molar-refractivity contribution in [3.05, 3.63) is 112 Å². The van der Waals surface area contributed by atoms with Crippen molar-refractivity contribution in [2.45, 2.75) is 19.0 Å². The van der Waals surface area contributed by atoms with Gasteiger partial charge in [0.2, 0.25) is 0 Å². The SMILES string of the molecule is C=C/C=N\c1c(C(=O)NC(C)c2cc3cccc(C#Cc4cnn(C5CN(CCO)C5)c4)c3c(=O)n2-c2ccccc2)c(N)nn1C. The Hall–Kier alpha value is -5.77. The molecule has 12 heteroatoms. The van der Waals surface area contributed by atoms with E-state index >= 15 is 0 Å². The molecule has 1 amide bonds. The van der Waals surface area contributed by atoms with Gasteiger partial charge in [0.05, 0.1) is 35.8 Å². The number of hydrogen-bond donors (Lipinski definition) is 3. The van der Waals surface area contributed by atoms with Crippen molar-refractivity contribution in [2.24, 2.45) is 12.0 Å². The molecule has 2 aromatic carbocycles. The Morgan fingerprint density at radius 2 is 2.00 bits per heavy atom. The highest BCUT2D eigenvalue weighted by Gasteiger charge is 2.28. The lowest BCUT2D eigenvalue weighted by Gasteiger charge is -2.38. The second kappa shape index (κ2) is 13.3. The smallest absolute Gasteiger partial charge is 0.264 e. The second-order valence-corrected chi connectivity index (χ2v) is 11.3. The molecule has 238 valence electrons. The molecule has 0 radical (unpaired) electrons. The van der Waals surface area contributed by atoms with Gasteiger partial charge in [-0.2, -0.15) is 10.2 Å². The van der Waals surface area contributed by atoms with E-state index in [0.29, 0.717) is 34.3 Å². The minimum absolute atomic E-state index is 0.0393. The molecule has 1 saturated heterocycles. The zero-order valence-electron chi connectivity index (χ0n) is 26.2. The van der Waals surface area contributed by atoms with Gasteiger partial charge in [-0.05, 0) is 36.6 Å². The van der Waals surface area contributed by atoms with Crippen molar-refractivity contribution in [1.82, 2.24) is 34.3 Å². The van der Waals surface area contributed by atoms with E-state index in [2.05, 4.69) is 43.8 Å². The van der Waals surface area contributed by atoms with Gasteiger partial charge in [-0.25, -0.2) is 9.67 Å². The Kier molecular flexibility index (Phi) is 8.83. The fourth-order valence-electron chi connectivity index (χ4n) is 5.79. The Morgan fingerprint density at radius 3 is 2.74 bits per heavy atom. The number of fused-ring (bicyclic) bond motifs is 1. The summed E-state index contributed by atoms with van der Waals surface area (Å²) in [5.74, 6) is 6.23. The van der Waals surface area contributed by atoms with Crippen molar-refractivity contribution >= 4 is 34.5 Å². The summed E-state index contributed by atoms with van der Waals surface area (Å²) in [4.78, 5) is 34.4. The average molecular weight is 630 g/mol. The highest BCUT2D eigenvalue weighted by molar-refractivity contribution is 6.03. The van der Waals surface area contributed by atoms with Gasteiger partial charge in [0, 0.05) is 56.0 Å². The Morgan fingerprint density at radius 1 is 1.21 bits per heavy atom. The van der Waals surface area contributed by atoms with Gasteiger partial charge in [0.1, 0.15) is 5.56 Å². The summed E-state index contributed by atoms with van der Waals surface area (Å²) in [7, 11) is 1.65. The molecule has 5 aromatic rings. The number of aliphatic hydroxyl groups is 1. The van der Waals surface area contributed by atoms with E-state index in [4.69, 9.17) is 10.8 Å². The summed E-state index contributed by atoms with van der Waals surface area (Å²) in [6.45, 7) is 7.91. The molecular formula is C35H35N9O3. The van der Waals surface area contributed by atoms with E-state index in [9.17, 15) is 9.59 Å². The van der Waals surface area contributed by atoms with Gasteiger partial charge < -0.3 is 16.2 Å². The fourth-order valence-corrected chi connectivity index (χ4v) is 5.79. The van der Waals surface area contributed by atoms with Crippen molar-refractivity contribution in [1.29, 1.82) is 0 Å². The molecule has 1 atom stereocenters. The number of carbonyl (C=O) groups is 1. The van der Waals surface area contributed by atoms with Crippen LogP contribution in [0, 0.1) is 11.8 Å². The number of nitrogen functional groups attached to an aromatic ring is 1. The number of rotatable bonds is 9. The van der Waals surface area contributed by atoms with Crippen LogP contribution in [-0.2, 0) is 7.05 Å². The normalized spacial score (nSPS) is 14.1. The van der Waals surface area contributed by atoms with Crippen molar-refractivity contribution in [2.75, 3.05) is 32.0 Å². The topological polar surface area (TPSA) is 149 Å². The van der Waals surface area contributed by atoms with Gasteiger partial charge in [0.25, 0.3) is 11.5 Å². The van der Waals surface area contributed by atoms with Crippen LogP contribution in [-0.4, -0.2) is 72.5 Å². The largest absolute Gasteiger partial charge is 0.395 e. The third-order valence-electron chi connectivity index (χ3n) is 8.13. The zero-order valence-corrected chi connectivity index (χ0v) is 26.2. The van der Waals surface area contributed by atoms with E-state index < -0.39 is 11.9 Å². The van der Waals surface area contributed by atoms with E-state index in [0.717, 1.165) is 18.7 Å². The molecule has 0 aliphatic carbocycles. The summed E-state index contributed by atoms with van der Waals surface area (Å²) >= 11 is 0. The maximum Gasteiger partial charge on any atom is 0.264 e. The standard InChI is InChI=1S/C35H35N9O3/c1-4-15-37-33-31(32(36)40-41(33)3)34(46)39-23(2)29-18-26-10-8-9-25(30(26)35(47)44(29)27-11-6-5-7-12-27)14-13-24-19-38-43(20-24)28-21-42(22-28)16-17-45/h4-12,15,18-20,23,28,45H,1,16-17,21-22H2,2-3H3,(H2,36,40)(H,39,46)/b37-15-. The number of hydrogen-bond acceptors (Lipinski definition) is 8. The highest BCUT2D eigenvalue weighted by Crippen LogP contribution is 2.27. The number of allylic oxidation sites excluding steroid dienone is 1. The number of nitrogens with two attached hydrogens (primary N) is 1. The van der Waals surface area contributed by atoms with Crippen LogP contribution in [0.1, 0.15) is 46.2 Å². The number of amides is 1. The predicted octanol–water partition coefficient (Wildman–Crippen LogP) is 3.13. The zero-order chi connectivity index (χ0) is 33.1. The molecule has 12 nitrogen and oxygen atoms in total. The number of aromatic nitrogens is 5. The van der Waals surface area contributed by atoms with E-state index in [1.807, 2.05) is 72.4 Å². The molecule has 1 aliphatic heterocycles. The third kappa shape index (κ3) is 6.22. The lowest BCUT2D eigenvalue weighted by Crippen LogP contribution is -2.48. The minimum Gasteiger partial charge on any atom is -0.395 e. The Balaban J connectivity index is 1.37. The monoisotopic (exact) mass is 629 g/mol. The van der Waals surface area contributed by atoms with Crippen LogP contribution in [0.5, 0.6) is 0 Å². The molecule has 4 N–H and O–H groups in total. The molecule has 0 saturated carbocycles. The second-order valence-electron chi connectivity index (χ2n) is 11.3. The van der Waals surface area contributed by atoms with Crippen LogP contribution in [0.2, 0.25) is 0 Å². The van der Waals surface area contributed by atoms with Crippen LogP contribution in [0.3, 0.4) is 0 Å². The first-order chi connectivity index (χ1) is 22.8. The number of carbonyl (C=O) groups excluding carboxylic acids is 1. The number of aliphatic imine (C=N–C) groups is 1. The Bertz CT molecular complexity index is 2110. The van der Waals surface area contributed by atoms with E-state index in [-0.39, 0.29) is 35.4 Å². The molecule has 0 spiro atoms. The molecule has 1 fully saturated rings. The molecule has 1 unspecified atom stereocenters. The molecule has 47 heavy (non-hydrogen) atoms. The molecule has 3 aromatic heterocycles. The number of nitrogens with one attached hydrogen (secondary N) is 1. The number of anilines is 1. The van der Waals surface area contributed by atoms with Crippen molar-refractivity contribution < 1.29 is 9.90 Å². The fraction of sp³-hybridized carbons (Fsp3) is 0.229. The molecule has 1 aliphatic rings. The number of nitrogens with zero attached hydrogens (tertiary/aromatic N) is 7. The minimum atomic E-state index is -0.615. The molecular weight excluding hydrogens is 594 g/mol. The molecule has 6 rings (SSSR count). The molecule has 0 bridgehead atoms. The summed E-state index contributed by atoms with van der Waals surface area (Å²) in [5.41, 5.74) is 8.51. The number of benzene rings is 2. The Labute approximate surface area is 271 Å². The van der Waals surface area contributed by atoms with Gasteiger partial charge in [-0.3, -0.25) is 23.7 Å². The van der Waals surface area contributed by atoms with Crippen LogP contribution >= 0.6 is 0 Å². The van der Waals surface area contributed by atoms with Crippen molar-refractivity contribution in [3.63, 3.8) is 0 Å². The number of likely N-dealkylation sites (tertiary alicyclic amines) is 1. The summed E-state index contributed by atoms with van der Waals surface area (Å²) in [6, 6.07) is 16.4. The average Bonchev–Trinajstić information content (AvgIpc) is 3.63. The number of para-hydroxylation sites is 1. The van der Waals surface area contributed by atoms with Gasteiger partial charge in [-0.15, -0.1) is 0 Å². The lowest BCUT2D eigenvalue weighted by molar-refractivity contribution is 0.0774. The summed E-state index contributed by atoms with van der Waals surface area (Å²) < 4.78 is 4.94. The predicted molar refractivity (Wildman–Crippen MR) is 182 cm³/mol. The highest BCUT2D eigenvalue weighted by atomic mass is 16.3. The van der Waals surface area contributed by atoms with Crippen LogP contribution < -0.4 is 16.6 Å². The number of pyridine rings is 1. The van der Waals surface area contributed by atoms with Gasteiger partial charge >= 0.3 is 0 Å². The van der Waals surface area contributed by atoms with Gasteiger partial charge in [0.15, 0.2) is 11.6 Å². The molecule has 4 heterocycles. The third-order valence-corrected chi connectivity index (χ3v) is 8.13. The lowest BCUT2D eigenvalue weighted by atomic mass is 10.0. The van der Waals surface area contributed by atoms with Gasteiger partial charge in [-0.1, -0.05) is 54.8 Å². The maximum atomic E-state index is 14.4. The maximum absolute atomic E-state index is 14.4. The van der Waals surface area contributed by atoms with Crippen LogP contribution in [0.4, 0.5) is 11.6 Å². The quantitative estimate of drug-likeness (QED) is 0.168. The summed E-state index contributed by atoms with van der Waals surface area (Å²) in [5, 5.41) is 21.9. The first-order valence-corrected chi connectivity index (χ1v) is 15.2. The number of aryl methyl sites for hydroxylation is 1. The first-order valence-electron chi connectivity index (χ1n) is 15.2. The van der Waals surface area contributed by atoms with Crippen LogP contribution in [0.15, 0.2) is 89.4 Å². The van der Waals surface area contributed by atoms with E-state index in [1.54, 1.807) is 17.8 Å². The van der Waals surface area contributed by atoms with Crippen LogP contribution in [0.25, 0.3) is 16.5 Å². The van der Waals surface area contributed by atoms with E-state index in [1.165, 1.54) is 17.0 Å². The summed E-state index contributed by atoms with van der Waals surface area (Å²) in [6.07, 6.45) is 6.59. The first kappa shape index (κ1) is 31.2. The van der Waals surface area contributed by atoms with Crippen molar-refractivity contribution in [3.8, 4) is 17.5 Å². The number of aliphatic hydroxyl groups excluding tert-OH is 1. The number of β-amino-alcohol motifs (C(OH)–C–C–N with tert-alkyl or cyclic N) is 1.